The third kappa shape index (κ3) is 1.87. The molecule has 0 amide bonds. The number of aromatic nitrogens is 1. The van der Waals surface area contributed by atoms with Gasteiger partial charge < -0.3 is 4.57 Å². The summed E-state index contributed by atoms with van der Waals surface area (Å²) in [6.45, 7) is 0. The molecular formula is C23H25N. The summed E-state index contributed by atoms with van der Waals surface area (Å²) in [5, 5.41) is 1.51. The van der Waals surface area contributed by atoms with Crippen LogP contribution in [-0.4, -0.2) is 4.57 Å². The molecule has 1 fully saturated rings. The second-order valence-corrected chi connectivity index (χ2v) is 7.84. The lowest BCUT2D eigenvalue weighted by atomic mass is 9.69. The van der Waals surface area contributed by atoms with E-state index in [0.29, 0.717) is 11.3 Å². The van der Waals surface area contributed by atoms with Crippen molar-refractivity contribution >= 4 is 10.9 Å². The Morgan fingerprint density at radius 2 is 1.58 bits per heavy atom. The first-order chi connectivity index (χ1) is 11.8. The van der Waals surface area contributed by atoms with E-state index in [-0.39, 0.29) is 0 Å². The summed E-state index contributed by atoms with van der Waals surface area (Å²) >= 11 is 0. The zero-order chi connectivity index (χ0) is 16.1. The van der Waals surface area contributed by atoms with Crippen LogP contribution in [0, 0.1) is 0 Å². The highest BCUT2D eigenvalue weighted by Gasteiger charge is 2.47. The van der Waals surface area contributed by atoms with Gasteiger partial charge in [-0.05, 0) is 41.9 Å². The van der Waals surface area contributed by atoms with Crippen molar-refractivity contribution < 1.29 is 0 Å². The molecule has 2 aliphatic rings. The molecule has 1 atom stereocenters. The Hall–Kier alpha value is -2.02. The first-order valence-corrected chi connectivity index (χ1v) is 9.43. The molecule has 2 aromatic carbocycles. The summed E-state index contributed by atoms with van der Waals surface area (Å²) < 4.78 is 2.49. The van der Waals surface area contributed by atoms with Gasteiger partial charge in [0.15, 0.2) is 0 Å². The third-order valence-corrected chi connectivity index (χ3v) is 6.62. The maximum Gasteiger partial charge on any atom is 0.0483 e. The Kier molecular flexibility index (Phi) is 3.13. The largest absolute Gasteiger partial charge is 0.347 e. The van der Waals surface area contributed by atoms with E-state index in [4.69, 9.17) is 0 Å². The highest BCUT2D eigenvalue weighted by molar-refractivity contribution is 5.88. The van der Waals surface area contributed by atoms with Gasteiger partial charge in [-0.3, -0.25) is 0 Å². The van der Waals surface area contributed by atoms with Gasteiger partial charge in [0, 0.05) is 29.6 Å². The van der Waals surface area contributed by atoms with Crippen LogP contribution in [0.25, 0.3) is 10.9 Å². The zero-order valence-corrected chi connectivity index (χ0v) is 14.5. The van der Waals surface area contributed by atoms with Crippen molar-refractivity contribution in [3.05, 3.63) is 71.4 Å². The van der Waals surface area contributed by atoms with Crippen molar-refractivity contribution in [3.8, 4) is 0 Å². The molecule has 1 heterocycles. The molecule has 1 heteroatoms. The van der Waals surface area contributed by atoms with Gasteiger partial charge in [-0.1, -0.05) is 67.8 Å². The topological polar surface area (TPSA) is 4.93 Å². The lowest BCUT2D eigenvalue weighted by Crippen LogP contribution is -2.26. The van der Waals surface area contributed by atoms with Gasteiger partial charge in [0.2, 0.25) is 0 Å². The van der Waals surface area contributed by atoms with Gasteiger partial charge in [-0.15, -0.1) is 0 Å². The minimum atomic E-state index is 0.412. The van der Waals surface area contributed by atoms with Gasteiger partial charge in [0.25, 0.3) is 0 Å². The van der Waals surface area contributed by atoms with Gasteiger partial charge in [-0.25, -0.2) is 0 Å². The Bertz CT molecular complexity index is 881. The van der Waals surface area contributed by atoms with Crippen LogP contribution in [0.15, 0.2) is 54.6 Å². The molecule has 1 aromatic heterocycles. The maximum absolute atomic E-state index is 2.49. The van der Waals surface area contributed by atoms with Crippen LogP contribution in [0.3, 0.4) is 0 Å². The van der Waals surface area contributed by atoms with E-state index >= 15 is 0 Å². The predicted octanol–water partition coefficient (Wildman–Crippen LogP) is 5.92. The van der Waals surface area contributed by atoms with Crippen LogP contribution in [0.2, 0.25) is 0 Å². The summed E-state index contributed by atoms with van der Waals surface area (Å²) in [5.41, 5.74) is 6.59. The minimum absolute atomic E-state index is 0.412. The molecule has 0 N–H and O–H groups in total. The molecule has 0 saturated heterocycles. The van der Waals surface area contributed by atoms with E-state index in [1.165, 1.54) is 55.0 Å². The van der Waals surface area contributed by atoms with E-state index in [1.807, 2.05) is 0 Å². The molecule has 1 nitrogen and oxygen atoms in total. The monoisotopic (exact) mass is 315 g/mol. The first-order valence-electron chi connectivity index (χ1n) is 9.43. The lowest BCUT2D eigenvalue weighted by molar-refractivity contribution is 0.287. The average Bonchev–Trinajstić information content (AvgIpc) is 3.12. The third-order valence-electron chi connectivity index (χ3n) is 6.62. The molecule has 0 bridgehead atoms. The van der Waals surface area contributed by atoms with E-state index < -0.39 is 0 Å². The molecule has 24 heavy (non-hydrogen) atoms. The van der Waals surface area contributed by atoms with Gasteiger partial charge in [0.1, 0.15) is 0 Å². The van der Waals surface area contributed by atoms with Crippen molar-refractivity contribution in [1.82, 2.24) is 4.57 Å². The molecular weight excluding hydrogens is 290 g/mol. The average molecular weight is 315 g/mol. The van der Waals surface area contributed by atoms with Crippen molar-refractivity contribution in [2.24, 2.45) is 7.05 Å². The molecule has 1 unspecified atom stereocenters. The predicted molar refractivity (Wildman–Crippen MR) is 101 cm³/mol. The second-order valence-electron chi connectivity index (χ2n) is 7.84. The molecule has 0 radical (unpaired) electrons. The second kappa shape index (κ2) is 5.24. The Balaban J connectivity index is 1.79. The van der Waals surface area contributed by atoms with Gasteiger partial charge >= 0.3 is 0 Å². The summed E-state index contributed by atoms with van der Waals surface area (Å²) in [6.07, 6.45) is 8.25. The summed E-state index contributed by atoms with van der Waals surface area (Å²) in [7, 11) is 2.28. The first kappa shape index (κ1) is 14.3. The minimum Gasteiger partial charge on any atom is -0.347 e. The fourth-order valence-electron chi connectivity index (χ4n) is 5.61. The Morgan fingerprint density at radius 3 is 2.38 bits per heavy atom. The van der Waals surface area contributed by atoms with Crippen LogP contribution in [-0.2, 0) is 12.5 Å². The highest BCUT2D eigenvalue weighted by Crippen LogP contribution is 2.58. The lowest BCUT2D eigenvalue weighted by Gasteiger charge is -2.35. The smallest absolute Gasteiger partial charge is 0.0483 e. The van der Waals surface area contributed by atoms with E-state index in [1.54, 1.807) is 11.3 Å². The van der Waals surface area contributed by atoms with Crippen molar-refractivity contribution in [2.75, 3.05) is 0 Å². The summed E-state index contributed by atoms with van der Waals surface area (Å²) in [4.78, 5) is 0. The van der Waals surface area contributed by atoms with E-state index in [0.717, 1.165) is 0 Å². The molecule has 2 aliphatic carbocycles. The Morgan fingerprint density at radius 1 is 0.875 bits per heavy atom. The number of rotatable bonds is 1. The van der Waals surface area contributed by atoms with Crippen LogP contribution in [0.1, 0.15) is 61.3 Å². The zero-order valence-electron chi connectivity index (χ0n) is 14.5. The number of benzene rings is 2. The van der Waals surface area contributed by atoms with Gasteiger partial charge in [-0.2, -0.15) is 0 Å². The quantitative estimate of drug-likeness (QED) is 0.525. The number of nitrogens with zero attached hydrogens (tertiary/aromatic N) is 1. The van der Waals surface area contributed by atoms with Crippen LogP contribution < -0.4 is 0 Å². The fraction of sp³-hybridized carbons (Fsp3) is 0.391. The fourth-order valence-corrected chi connectivity index (χ4v) is 5.61. The number of aryl methyl sites for hydroxylation is 1. The normalized spacial score (nSPS) is 22.1. The van der Waals surface area contributed by atoms with E-state index in [9.17, 15) is 0 Å². The van der Waals surface area contributed by atoms with Crippen LogP contribution in [0.5, 0.6) is 0 Å². The number of para-hydroxylation sites is 1. The molecule has 5 rings (SSSR count). The summed E-state index contributed by atoms with van der Waals surface area (Å²) in [6, 6.07) is 20.2. The standard InChI is InChI=1S/C23H25N/c1-24-20-13-7-6-12-18(20)21-22(24)19(17-10-4-2-5-11-17)16-23(21)14-8-3-9-15-23/h2,4-7,10-13,19H,3,8-9,14-16H2,1H3. The van der Waals surface area contributed by atoms with Gasteiger partial charge in [0.05, 0.1) is 0 Å². The molecule has 3 aromatic rings. The van der Waals surface area contributed by atoms with Crippen LogP contribution in [0.4, 0.5) is 0 Å². The molecule has 0 aliphatic heterocycles. The molecule has 1 spiro atoms. The van der Waals surface area contributed by atoms with E-state index in [2.05, 4.69) is 66.2 Å². The van der Waals surface area contributed by atoms with Crippen molar-refractivity contribution in [2.45, 2.75) is 49.9 Å². The SMILES string of the molecule is Cn1c2c(c3ccccc31)C1(CCCCC1)CC2c1ccccc1. The highest BCUT2D eigenvalue weighted by atomic mass is 15.0. The maximum atomic E-state index is 2.49. The number of hydrogen-bond donors (Lipinski definition) is 0. The number of hydrogen-bond acceptors (Lipinski definition) is 0. The summed E-state index contributed by atoms with van der Waals surface area (Å²) in [5.74, 6) is 0.552. The number of fused-ring (bicyclic) bond motifs is 4. The molecule has 122 valence electrons. The van der Waals surface area contributed by atoms with Crippen molar-refractivity contribution in [3.63, 3.8) is 0 Å². The Labute approximate surface area is 144 Å². The van der Waals surface area contributed by atoms with Crippen LogP contribution >= 0.6 is 0 Å². The molecule has 1 saturated carbocycles. The van der Waals surface area contributed by atoms with Crippen molar-refractivity contribution in [1.29, 1.82) is 0 Å².